The summed E-state index contributed by atoms with van der Waals surface area (Å²) in [6.07, 6.45) is 3.87. The van der Waals surface area contributed by atoms with E-state index in [9.17, 15) is 0 Å². The van der Waals surface area contributed by atoms with Crippen LogP contribution in [0.4, 0.5) is 0 Å². The highest BCUT2D eigenvalue weighted by atomic mass is 16.7. The van der Waals surface area contributed by atoms with Crippen LogP contribution in [-0.2, 0) is 9.31 Å². The molecular weight excluding hydrogens is 251 g/mol. The first-order valence-corrected chi connectivity index (χ1v) is 6.68. The van der Waals surface area contributed by atoms with Crippen LogP contribution in [0.15, 0.2) is 18.2 Å². The van der Waals surface area contributed by atoms with Gasteiger partial charge in [0.15, 0.2) is 0 Å². The molecular formula is C15H25BN2O2. The lowest BCUT2D eigenvalue weighted by Gasteiger charge is -2.32. The van der Waals surface area contributed by atoms with Crippen molar-refractivity contribution >= 4 is 13.2 Å². The molecule has 1 saturated heterocycles. The van der Waals surface area contributed by atoms with E-state index < -0.39 is 0 Å². The Morgan fingerprint density at radius 3 is 2.15 bits per heavy atom. The number of hydrogen-bond acceptors (Lipinski definition) is 4. The Hall–Kier alpha value is -1.17. The van der Waals surface area contributed by atoms with Gasteiger partial charge in [-0.25, -0.2) is 0 Å². The summed E-state index contributed by atoms with van der Waals surface area (Å²) in [4.78, 5) is 4.35. The van der Waals surface area contributed by atoms with Crippen molar-refractivity contribution in [2.75, 3.05) is 0 Å². The molecule has 1 aromatic rings. The SMILES string of the molecule is Cc1cc(C=CB2OC(C)(C)C(C)(C)O2)cnc1C.N. The van der Waals surface area contributed by atoms with Crippen LogP contribution in [0.5, 0.6) is 0 Å². The van der Waals surface area contributed by atoms with E-state index in [0.717, 1.165) is 11.3 Å². The maximum Gasteiger partial charge on any atom is 0.487 e. The summed E-state index contributed by atoms with van der Waals surface area (Å²) in [5.41, 5.74) is 2.74. The molecule has 2 heterocycles. The van der Waals surface area contributed by atoms with Gasteiger partial charge in [0.25, 0.3) is 0 Å². The van der Waals surface area contributed by atoms with Gasteiger partial charge in [-0.2, -0.15) is 0 Å². The predicted octanol–water partition coefficient (Wildman–Crippen LogP) is 3.51. The summed E-state index contributed by atoms with van der Waals surface area (Å²) in [5, 5.41) is 0. The molecule has 0 spiro atoms. The zero-order valence-electron chi connectivity index (χ0n) is 13.4. The van der Waals surface area contributed by atoms with Gasteiger partial charge >= 0.3 is 7.12 Å². The van der Waals surface area contributed by atoms with Crippen molar-refractivity contribution in [1.82, 2.24) is 11.1 Å². The average molecular weight is 276 g/mol. The van der Waals surface area contributed by atoms with Gasteiger partial charge < -0.3 is 15.5 Å². The first-order chi connectivity index (χ1) is 8.71. The van der Waals surface area contributed by atoms with Crippen molar-refractivity contribution in [2.24, 2.45) is 0 Å². The van der Waals surface area contributed by atoms with E-state index in [2.05, 4.69) is 45.7 Å². The molecule has 0 saturated carbocycles. The molecule has 0 aromatic carbocycles. The number of nitrogens with zero attached hydrogens (tertiary/aromatic N) is 1. The van der Waals surface area contributed by atoms with E-state index in [1.165, 1.54) is 5.56 Å². The molecule has 1 aromatic heterocycles. The molecule has 0 unspecified atom stereocenters. The van der Waals surface area contributed by atoms with Crippen molar-refractivity contribution in [1.29, 1.82) is 0 Å². The summed E-state index contributed by atoms with van der Waals surface area (Å²) in [5.74, 6) is 1.95. The third-order valence-electron chi connectivity index (χ3n) is 4.08. The number of aryl methyl sites for hydroxylation is 2. The summed E-state index contributed by atoms with van der Waals surface area (Å²) in [6, 6.07) is 2.12. The van der Waals surface area contributed by atoms with Crippen molar-refractivity contribution in [3.63, 3.8) is 0 Å². The van der Waals surface area contributed by atoms with Crippen LogP contribution >= 0.6 is 0 Å². The quantitative estimate of drug-likeness (QED) is 0.839. The van der Waals surface area contributed by atoms with Gasteiger partial charge in [0.05, 0.1) is 11.2 Å². The van der Waals surface area contributed by atoms with Gasteiger partial charge in [-0.3, -0.25) is 4.98 Å². The molecule has 5 heteroatoms. The number of pyridine rings is 1. The molecule has 1 aliphatic rings. The number of aromatic nitrogens is 1. The third-order valence-corrected chi connectivity index (χ3v) is 4.08. The highest BCUT2D eigenvalue weighted by Gasteiger charge is 2.49. The fraction of sp³-hybridized carbons (Fsp3) is 0.533. The van der Waals surface area contributed by atoms with Crippen molar-refractivity contribution in [3.05, 3.63) is 35.1 Å². The van der Waals surface area contributed by atoms with Gasteiger partial charge in [0, 0.05) is 11.9 Å². The molecule has 0 bridgehead atoms. The van der Waals surface area contributed by atoms with E-state index in [1.54, 1.807) is 0 Å². The lowest BCUT2D eigenvalue weighted by Crippen LogP contribution is -2.41. The summed E-state index contributed by atoms with van der Waals surface area (Å²) < 4.78 is 11.8. The topological polar surface area (TPSA) is 66.3 Å². The van der Waals surface area contributed by atoms with E-state index in [1.807, 2.05) is 25.2 Å². The van der Waals surface area contributed by atoms with Gasteiger partial charge in [0.2, 0.25) is 0 Å². The largest absolute Gasteiger partial charge is 0.487 e. The smallest absolute Gasteiger partial charge is 0.400 e. The van der Waals surface area contributed by atoms with Gasteiger partial charge in [-0.05, 0) is 58.7 Å². The number of hydrogen-bond donors (Lipinski definition) is 1. The molecule has 0 aliphatic carbocycles. The summed E-state index contributed by atoms with van der Waals surface area (Å²) in [6.45, 7) is 12.3. The standard InChI is InChI=1S/C15H22BNO2.H3N/c1-11-9-13(10-17-12(11)2)7-8-16-18-14(3,4)15(5,6)19-16;/h7-10H,1-6H3;1H3. The first kappa shape index (κ1) is 16.9. The first-order valence-electron chi connectivity index (χ1n) is 6.68. The highest BCUT2D eigenvalue weighted by molar-refractivity contribution is 6.52. The predicted molar refractivity (Wildman–Crippen MR) is 83.8 cm³/mol. The Labute approximate surface area is 122 Å². The van der Waals surface area contributed by atoms with E-state index in [4.69, 9.17) is 9.31 Å². The van der Waals surface area contributed by atoms with Gasteiger partial charge in [-0.1, -0.05) is 12.1 Å². The van der Waals surface area contributed by atoms with Crippen LogP contribution in [0.1, 0.15) is 44.5 Å². The van der Waals surface area contributed by atoms with E-state index in [0.29, 0.717) is 0 Å². The molecule has 110 valence electrons. The van der Waals surface area contributed by atoms with Crippen molar-refractivity contribution in [3.8, 4) is 0 Å². The second kappa shape index (κ2) is 5.68. The molecule has 0 amide bonds. The third kappa shape index (κ3) is 3.29. The second-order valence-corrected chi connectivity index (χ2v) is 6.15. The van der Waals surface area contributed by atoms with Crippen LogP contribution in [0.3, 0.4) is 0 Å². The second-order valence-electron chi connectivity index (χ2n) is 6.15. The molecule has 0 atom stereocenters. The Morgan fingerprint density at radius 1 is 1.10 bits per heavy atom. The fourth-order valence-corrected chi connectivity index (χ4v) is 1.91. The van der Waals surface area contributed by atoms with Gasteiger partial charge in [-0.15, -0.1) is 0 Å². The average Bonchev–Trinajstić information content (AvgIpc) is 2.49. The zero-order valence-corrected chi connectivity index (χ0v) is 13.4. The van der Waals surface area contributed by atoms with Crippen LogP contribution < -0.4 is 6.15 Å². The summed E-state index contributed by atoms with van der Waals surface area (Å²) >= 11 is 0. The van der Waals surface area contributed by atoms with Crippen LogP contribution in [0, 0.1) is 13.8 Å². The molecule has 4 nitrogen and oxygen atoms in total. The molecule has 2 rings (SSSR count). The van der Waals surface area contributed by atoms with Gasteiger partial charge in [0.1, 0.15) is 0 Å². The Kier molecular flexibility index (Phi) is 4.80. The maximum absolute atomic E-state index is 5.91. The Morgan fingerprint density at radius 2 is 1.65 bits per heavy atom. The minimum Gasteiger partial charge on any atom is -0.400 e. The van der Waals surface area contributed by atoms with E-state index >= 15 is 0 Å². The van der Waals surface area contributed by atoms with Crippen molar-refractivity contribution < 1.29 is 9.31 Å². The Bertz CT molecular complexity index is 497. The molecule has 0 radical (unpaired) electrons. The van der Waals surface area contributed by atoms with Crippen molar-refractivity contribution in [2.45, 2.75) is 52.7 Å². The highest BCUT2D eigenvalue weighted by Crippen LogP contribution is 2.36. The zero-order chi connectivity index (χ0) is 14.3. The lowest BCUT2D eigenvalue weighted by atomic mass is 9.89. The molecule has 20 heavy (non-hydrogen) atoms. The monoisotopic (exact) mass is 276 g/mol. The van der Waals surface area contributed by atoms with E-state index in [-0.39, 0.29) is 24.5 Å². The Balaban J connectivity index is 0.00000200. The lowest BCUT2D eigenvalue weighted by molar-refractivity contribution is 0.00578. The summed E-state index contributed by atoms with van der Waals surface area (Å²) in [7, 11) is -0.299. The normalized spacial score (nSPS) is 20.2. The fourth-order valence-electron chi connectivity index (χ4n) is 1.91. The number of rotatable bonds is 2. The maximum atomic E-state index is 5.91. The van der Waals surface area contributed by atoms with Crippen LogP contribution in [0.2, 0.25) is 0 Å². The van der Waals surface area contributed by atoms with Crippen LogP contribution in [-0.4, -0.2) is 23.3 Å². The molecule has 1 aliphatic heterocycles. The minimum absolute atomic E-state index is 0. The molecule has 1 fully saturated rings. The molecule has 3 N–H and O–H groups in total. The van der Waals surface area contributed by atoms with Crippen LogP contribution in [0.25, 0.3) is 6.08 Å². The minimum atomic E-state index is -0.299.